The van der Waals surface area contributed by atoms with Crippen molar-refractivity contribution in [3.05, 3.63) is 0 Å². The number of alkyl halides is 1. The van der Waals surface area contributed by atoms with Crippen molar-refractivity contribution in [2.45, 2.75) is 17.9 Å². The quantitative estimate of drug-likeness (QED) is 0.332. The number of thioether (sulfide) groups is 1. The Hall–Kier alpha value is 0.510. The van der Waals surface area contributed by atoms with Crippen LogP contribution in [0, 0.1) is 0 Å². The van der Waals surface area contributed by atoms with E-state index in [1.807, 2.05) is 11.2 Å². The van der Waals surface area contributed by atoms with Crippen molar-refractivity contribution in [3.63, 3.8) is 0 Å². The summed E-state index contributed by atoms with van der Waals surface area (Å²) < 4.78 is 1.63. The van der Waals surface area contributed by atoms with Crippen LogP contribution in [0.5, 0.6) is 0 Å². The molecule has 1 rings (SSSR count). The minimum atomic E-state index is -0.518. The van der Waals surface area contributed by atoms with E-state index in [2.05, 4.69) is 0 Å². The first-order valence-electron chi connectivity index (χ1n) is 3.23. The van der Waals surface area contributed by atoms with Crippen LogP contribution in [-0.2, 0) is 4.79 Å². The topological polar surface area (TPSA) is 40.5 Å². The van der Waals surface area contributed by atoms with Crippen molar-refractivity contribution in [2.24, 2.45) is 0 Å². The molecule has 0 saturated carbocycles. The second kappa shape index (κ2) is 3.95. The van der Waals surface area contributed by atoms with Crippen LogP contribution in [-0.4, -0.2) is 36.8 Å². The Bertz CT molecular complexity index is 167. The molecule has 2 unspecified atom stereocenters. The van der Waals surface area contributed by atoms with Crippen molar-refractivity contribution in [1.82, 2.24) is 3.11 Å². The van der Waals surface area contributed by atoms with E-state index in [-0.39, 0.29) is 32.6 Å². The Balaban J connectivity index is 2.62. The summed E-state index contributed by atoms with van der Waals surface area (Å²) in [5.41, 5.74) is 0. The number of hydrogen-bond acceptors (Lipinski definition) is 3. The Morgan fingerprint density at radius 2 is 2.45 bits per heavy atom. The van der Waals surface area contributed by atoms with Gasteiger partial charge in [0, 0.05) is 0 Å². The Morgan fingerprint density at radius 1 is 1.82 bits per heavy atom. The maximum atomic E-state index is 11.2. The summed E-state index contributed by atoms with van der Waals surface area (Å²) in [4.78, 5) is 13.2. The maximum absolute atomic E-state index is 11.2. The fourth-order valence-corrected chi connectivity index (χ4v) is 3.64. The zero-order chi connectivity index (χ0) is 8.43. The van der Waals surface area contributed by atoms with Crippen LogP contribution in [0.1, 0.15) is 6.42 Å². The van der Waals surface area contributed by atoms with Crippen molar-refractivity contribution in [2.75, 3.05) is 11.2 Å². The summed E-state index contributed by atoms with van der Waals surface area (Å²) in [5.74, 6) is 0.118. The summed E-state index contributed by atoms with van der Waals surface area (Å²) in [5, 5.41) is 9.63. The van der Waals surface area contributed by atoms with Crippen LogP contribution in [0.15, 0.2) is 0 Å². The third-order valence-corrected chi connectivity index (χ3v) is 4.83. The number of hydrogen-bond donors (Lipinski definition) is 1. The van der Waals surface area contributed by atoms with Gasteiger partial charge in [0.2, 0.25) is 0 Å². The number of halogens is 1. The van der Waals surface area contributed by atoms with Gasteiger partial charge >= 0.3 is 81.2 Å². The predicted octanol–water partition coefficient (Wildman–Crippen LogP) is -3.10. The molecular formula is C6H11INO2S-. The number of aliphatic hydroxyl groups is 1. The summed E-state index contributed by atoms with van der Waals surface area (Å²) in [6, 6.07) is 0. The van der Waals surface area contributed by atoms with Crippen LogP contribution < -0.4 is 21.5 Å². The van der Waals surface area contributed by atoms with E-state index in [1.165, 1.54) is 0 Å². The summed E-state index contributed by atoms with van der Waals surface area (Å²) in [6.45, 7) is 0. The van der Waals surface area contributed by atoms with Crippen LogP contribution in [0.25, 0.3) is 0 Å². The number of aliphatic hydroxyl groups excluding tert-OH is 1. The fourth-order valence-electron chi connectivity index (χ4n) is 1.06. The number of nitrogens with zero attached hydrogens (tertiary/aromatic N) is 1. The number of amides is 1. The molecule has 0 aromatic rings. The summed E-state index contributed by atoms with van der Waals surface area (Å²) in [7, 11) is 0. The van der Waals surface area contributed by atoms with Crippen LogP contribution in [0.3, 0.4) is 0 Å². The van der Waals surface area contributed by atoms with E-state index >= 15 is 0 Å². The SMILES string of the molecule is CSC1CC(=O)N([I-]C)C1O. The Morgan fingerprint density at radius 3 is 2.73 bits per heavy atom. The monoisotopic (exact) mass is 288 g/mol. The predicted molar refractivity (Wildman–Crippen MR) is 40.7 cm³/mol. The van der Waals surface area contributed by atoms with E-state index < -0.39 is 6.23 Å². The number of rotatable bonds is 2. The van der Waals surface area contributed by atoms with Gasteiger partial charge in [-0.15, -0.1) is 0 Å². The second-order valence-corrected chi connectivity index (χ2v) is 5.35. The normalized spacial score (nSPS) is 31.9. The molecule has 1 aliphatic rings. The summed E-state index contributed by atoms with van der Waals surface area (Å²) >= 11 is 1.28. The minimum absolute atomic E-state index is 0.0992. The van der Waals surface area contributed by atoms with Crippen molar-refractivity contribution >= 4 is 17.7 Å². The molecule has 0 radical (unpaired) electrons. The molecule has 1 aliphatic heterocycles. The molecule has 1 N–H and O–H groups in total. The molecule has 11 heavy (non-hydrogen) atoms. The Labute approximate surface area is 81.1 Å². The molecule has 3 nitrogen and oxygen atoms in total. The molecule has 1 amide bonds. The van der Waals surface area contributed by atoms with E-state index in [9.17, 15) is 9.90 Å². The van der Waals surface area contributed by atoms with E-state index in [0.29, 0.717) is 6.42 Å². The van der Waals surface area contributed by atoms with Gasteiger partial charge in [0.05, 0.1) is 0 Å². The van der Waals surface area contributed by atoms with Gasteiger partial charge in [0.1, 0.15) is 0 Å². The zero-order valence-electron chi connectivity index (χ0n) is 6.45. The summed E-state index contributed by atoms with van der Waals surface area (Å²) in [6.07, 6.45) is 1.92. The molecule has 0 spiro atoms. The molecule has 0 bridgehead atoms. The molecule has 66 valence electrons. The molecule has 0 aliphatic carbocycles. The van der Waals surface area contributed by atoms with Gasteiger partial charge in [-0.3, -0.25) is 0 Å². The van der Waals surface area contributed by atoms with Gasteiger partial charge in [0.25, 0.3) is 0 Å². The molecule has 1 saturated heterocycles. The average Bonchev–Trinajstić information content (AvgIpc) is 2.26. The van der Waals surface area contributed by atoms with Crippen molar-refractivity contribution in [1.29, 1.82) is 0 Å². The first kappa shape index (κ1) is 9.60. The standard InChI is InChI=1S/C6H11INO2S/c1-7-8-5(9)3-4(11-2)6(8)10/h4,6,10H,3H2,1-2H3/q-1. The van der Waals surface area contributed by atoms with Crippen LogP contribution in [0.2, 0.25) is 0 Å². The van der Waals surface area contributed by atoms with Gasteiger partial charge < -0.3 is 0 Å². The van der Waals surface area contributed by atoms with Crippen LogP contribution in [0.4, 0.5) is 0 Å². The molecule has 5 heteroatoms. The zero-order valence-corrected chi connectivity index (χ0v) is 9.42. The average molecular weight is 288 g/mol. The van der Waals surface area contributed by atoms with E-state index in [1.54, 1.807) is 14.9 Å². The molecule has 2 atom stereocenters. The van der Waals surface area contributed by atoms with E-state index in [4.69, 9.17) is 0 Å². The molecule has 0 aromatic heterocycles. The Kier molecular flexibility index (Phi) is 3.45. The van der Waals surface area contributed by atoms with Gasteiger partial charge in [-0.05, 0) is 0 Å². The first-order valence-corrected chi connectivity index (χ1v) is 7.64. The van der Waals surface area contributed by atoms with E-state index in [0.717, 1.165) is 0 Å². The van der Waals surface area contributed by atoms with Crippen molar-refractivity contribution < 1.29 is 31.4 Å². The molecule has 1 heterocycles. The number of carbonyl (C=O) groups excluding carboxylic acids is 1. The molecular weight excluding hydrogens is 277 g/mol. The van der Waals surface area contributed by atoms with Gasteiger partial charge in [-0.2, -0.15) is 0 Å². The van der Waals surface area contributed by atoms with Gasteiger partial charge in [0.15, 0.2) is 0 Å². The molecule has 1 fully saturated rings. The van der Waals surface area contributed by atoms with Crippen molar-refractivity contribution in [3.8, 4) is 0 Å². The van der Waals surface area contributed by atoms with Gasteiger partial charge in [-0.25, -0.2) is 0 Å². The number of carbonyl (C=O) groups is 1. The first-order chi connectivity index (χ1) is 5.20. The van der Waals surface area contributed by atoms with Gasteiger partial charge in [-0.1, -0.05) is 0 Å². The fraction of sp³-hybridized carbons (Fsp3) is 0.833. The second-order valence-electron chi connectivity index (χ2n) is 2.27. The molecule has 0 aromatic carbocycles. The van der Waals surface area contributed by atoms with Crippen LogP contribution >= 0.6 is 11.8 Å². The third-order valence-electron chi connectivity index (χ3n) is 1.66. The third kappa shape index (κ3) is 1.81.